The summed E-state index contributed by atoms with van der Waals surface area (Å²) < 4.78 is 5.39. The quantitative estimate of drug-likeness (QED) is 0.864. The van der Waals surface area contributed by atoms with Gasteiger partial charge in [-0.3, -0.25) is 4.90 Å². The van der Waals surface area contributed by atoms with E-state index in [-0.39, 0.29) is 0 Å². The number of likely N-dealkylation sites (tertiary alicyclic amines) is 1. The van der Waals surface area contributed by atoms with Gasteiger partial charge in [-0.1, -0.05) is 0 Å². The lowest BCUT2D eigenvalue weighted by Crippen LogP contribution is -2.36. The van der Waals surface area contributed by atoms with Crippen LogP contribution >= 0.6 is 11.3 Å². The molecule has 0 radical (unpaired) electrons. The second kappa shape index (κ2) is 6.39. The lowest BCUT2D eigenvalue weighted by atomic mass is 10.1. The van der Waals surface area contributed by atoms with Crippen molar-refractivity contribution in [2.24, 2.45) is 0 Å². The summed E-state index contributed by atoms with van der Waals surface area (Å²) in [5, 5.41) is 3.00. The third-order valence-electron chi connectivity index (χ3n) is 3.56. The highest BCUT2D eigenvalue weighted by molar-refractivity contribution is 7.13. The fourth-order valence-corrected chi connectivity index (χ4v) is 3.18. The minimum absolute atomic E-state index is 0.426. The molecule has 1 saturated heterocycles. The maximum Gasteiger partial charge on any atom is 0.188 e. The molecular formula is C14H18N4OS. The van der Waals surface area contributed by atoms with E-state index in [0.717, 1.165) is 43.2 Å². The summed E-state index contributed by atoms with van der Waals surface area (Å²) >= 11 is 1.61. The van der Waals surface area contributed by atoms with E-state index in [1.165, 1.54) is 0 Å². The fraction of sp³-hybridized carbons (Fsp3) is 0.500. The van der Waals surface area contributed by atoms with Gasteiger partial charge >= 0.3 is 0 Å². The first-order chi connectivity index (χ1) is 9.85. The van der Waals surface area contributed by atoms with Gasteiger partial charge < -0.3 is 4.74 Å². The molecule has 5 nitrogen and oxygen atoms in total. The molecule has 0 N–H and O–H groups in total. The van der Waals surface area contributed by atoms with E-state index in [4.69, 9.17) is 4.74 Å². The zero-order valence-corrected chi connectivity index (χ0v) is 12.3. The Bertz CT molecular complexity index is 537. The summed E-state index contributed by atoms with van der Waals surface area (Å²) in [5.41, 5.74) is 1.10. The first kappa shape index (κ1) is 13.6. The van der Waals surface area contributed by atoms with Crippen LogP contribution in [-0.4, -0.2) is 46.2 Å². The number of nitrogens with zero attached hydrogens (tertiary/aromatic N) is 4. The van der Waals surface area contributed by atoms with Gasteiger partial charge in [-0.2, -0.15) is 0 Å². The van der Waals surface area contributed by atoms with Gasteiger partial charge in [-0.05, 0) is 18.9 Å². The Morgan fingerprint density at radius 3 is 2.75 bits per heavy atom. The van der Waals surface area contributed by atoms with Crippen LogP contribution in [-0.2, 0) is 11.3 Å². The zero-order chi connectivity index (χ0) is 13.8. The molecule has 0 amide bonds. The highest BCUT2D eigenvalue weighted by atomic mass is 32.1. The number of hydrogen-bond acceptors (Lipinski definition) is 6. The van der Waals surface area contributed by atoms with Crippen LogP contribution in [0.15, 0.2) is 23.8 Å². The molecule has 106 valence electrons. The summed E-state index contributed by atoms with van der Waals surface area (Å²) in [7, 11) is 1.80. The predicted octanol–water partition coefficient (Wildman–Crippen LogP) is 2.21. The Morgan fingerprint density at radius 1 is 1.30 bits per heavy atom. The topological polar surface area (TPSA) is 51.1 Å². The molecule has 2 aromatic rings. The standard InChI is InChI=1S/C14H18N4OS/c1-19-12-3-7-18(8-4-12)9-11-10-20-14(17-11)13-15-5-2-6-16-13/h2,5-6,10,12H,3-4,7-9H2,1H3. The van der Waals surface area contributed by atoms with E-state index in [0.29, 0.717) is 11.9 Å². The molecule has 0 atom stereocenters. The predicted molar refractivity (Wildman–Crippen MR) is 78.4 cm³/mol. The van der Waals surface area contributed by atoms with Crippen LogP contribution in [0.2, 0.25) is 0 Å². The van der Waals surface area contributed by atoms with Gasteiger partial charge in [-0.25, -0.2) is 15.0 Å². The maximum atomic E-state index is 5.39. The van der Waals surface area contributed by atoms with E-state index in [1.807, 2.05) is 6.07 Å². The molecule has 0 saturated carbocycles. The molecule has 0 aromatic carbocycles. The second-order valence-electron chi connectivity index (χ2n) is 4.93. The van der Waals surface area contributed by atoms with Crippen molar-refractivity contribution < 1.29 is 4.74 Å². The van der Waals surface area contributed by atoms with Crippen molar-refractivity contribution in [3.05, 3.63) is 29.5 Å². The van der Waals surface area contributed by atoms with Gasteiger partial charge in [0.25, 0.3) is 0 Å². The number of aromatic nitrogens is 3. The third-order valence-corrected chi connectivity index (χ3v) is 4.45. The molecule has 1 aliphatic rings. The van der Waals surface area contributed by atoms with Gasteiger partial charge in [0.1, 0.15) is 0 Å². The van der Waals surface area contributed by atoms with Crippen LogP contribution < -0.4 is 0 Å². The van der Waals surface area contributed by atoms with Crippen molar-refractivity contribution in [2.75, 3.05) is 20.2 Å². The molecule has 0 spiro atoms. The molecular weight excluding hydrogens is 272 g/mol. The minimum atomic E-state index is 0.426. The summed E-state index contributed by atoms with van der Waals surface area (Å²) in [6.45, 7) is 3.06. The largest absolute Gasteiger partial charge is 0.381 e. The Labute approximate surface area is 122 Å². The van der Waals surface area contributed by atoms with Crippen molar-refractivity contribution >= 4 is 11.3 Å². The molecule has 3 rings (SSSR count). The number of thiazole rings is 1. The average Bonchev–Trinajstić information content (AvgIpc) is 2.97. The minimum Gasteiger partial charge on any atom is -0.381 e. The van der Waals surface area contributed by atoms with Crippen molar-refractivity contribution in [1.29, 1.82) is 0 Å². The lowest BCUT2D eigenvalue weighted by Gasteiger charge is -2.30. The SMILES string of the molecule is COC1CCN(Cc2csc(-c3ncccn3)n2)CC1. The molecule has 0 aliphatic carbocycles. The highest BCUT2D eigenvalue weighted by Gasteiger charge is 2.19. The van der Waals surface area contributed by atoms with E-state index < -0.39 is 0 Å². The van der Waals surface area contributed by atoms with Gasteiger partial charge in [-0.15, -0.1) is 11.3 Å². The molecule has 20 heavy (non-hydrogen) atoms. The highest BCUT2D eigenvalue weighted by Crippen LogP contribution is 2.21. The Hall–Kier alpha value is -1.37. The number of rotatable bonds is 4. The van der Waals surface area contributed by atoms with Crippen molar-refractivity contribution in [3.8, 4) is 10.8 Å². The van der Waals surface area contributed by atoms with Gasteiger partial charge in [0, 0.05) is 44.5 Å². The smallest absolute Gasteiger partial charge is 0.188 e. The molecule has 0 unspecified atom stereocenters. The van der Waals surface area contributed by atoms with Gasteiger partial charge in [0.15, 0.2) is 10.8 Å². The van der Waals surface area contributed by atoms with E-state index >= 15 is 0 Å². The summed E-state index contributed by atoms with van der Waals surface area (Å²) in [5.74, 6) is 0.710. The van der Waals surface area contributed by atoms with Crippen molar-refractivity contribution in [3.63, 3.8) is 0 Å². The van der Waals surface area contributed by atoms with E-state index in [1.54, 1.807) is 30.8 Å². The third kappa shape index (κ3) is 3.20. The summed E-state index contributed by atoms with van der Waals surface area (Å²) in [6, 6.07) is 1.82. The molecule has 2 aromatic heterocycles. The molecule has 1 aliphatic heterocycles. The Kier molecular flexibility index (Phi) is 4.34. The summed E-state index contributed by atoms with van der Waals surface area (Å²) in [4.78, 5) is 15.5. The van der Waals surface area contributed by atoms with Crippen LogP contribution in [0.1, 0.15) is 18.5 Å². The van der Waals surface area contributed by atoms with Crippen molar-refractivity contribution in [1.82, 2.24) is 19.9 Å². The normalized spacial score (nSPS) is 17.4. The van der Waals surface area contributed by atoms with Crippen LogP contribution in [0, 0.1) is 0 Å². The Morgan fingerprint density at radius 2 is 2.05 bits per heavy atom. The molecule has 0 bridgehead atoms. The zero-order valence-electron chi connectivity index (χ0n) is 11.5. The number of ether oxygens (including phenoxy) is 1. The van der Waals surface area contributed by atoms with Crippen molar-refractivity contribution in [2.45, 2.75) is 25.5 Å². The number of methoxy groups -OCH3 is 1. The second-order valence-corrected chi connectivity index (χ2v) is 5.79. The molecule has 6 heteroatoms. The fourth-order valence-electron chi connectivity index (χ4n) is 2.42. The van der Waals surface area contributed by atoms with E-state index in [9.17, 15) is 0 Å². The van der Waals surface area contributed by atoms with Crippen LogP contribution in [0.5, 0.6) is 0 Å². The number of hydrogen-bond donors (Lipinski definition) is 0. The van der Waals surface area contributed by atoms with Crippen LogP contribution in [0.4, 0.5) is 0 Å². The van der Waals surface area contributed by atoms with Crippen LogP contribution in [0.25, 0.3) is 10.8 Å². The van der Waals surface area contributed by atoms with Gasteiger partial charge in [0.05, 0.1) is 11.8 Å². The first-order valence-electron chi connectivity index (χ1n) is 6.82. The van der Waals surface area contributed by atoms with Crippen LogP contribution in [0.3, 0.4) is 0 Å². The maximum absolute atomic E-state index is 5.39. The summed E-state index contributed by atoms with van der Waals surface area (Å²) in [6.07, 6.45) is 6.14. The van der Waals surface area contributed by atoms with Gasteiger partial charge in [0.2, 0.25) is 0 Å². The van der Waals surface area contributed by atoms with E-state index in [2.05, 4.69) is 25.2 Å². The monoisotopic (exact) mass is 290 g/mol. The molecule has 1 fully saturated rings. The first-order valence-corrected chi connectivity index (χ1v) is 7.70. The number of piperidine rings is 1. The average molecular weight is 290 g/mol. The molecule has 3 heterocycles. The lowest BCUT2D eigenvalue weighted by molar-refractivity contribution is 0.0386. The Balaban J connectivity index is 1.61.